The minimum Gasteiger partial charge on any atom is -0.390 e. The Kier molecular flexibility index (Phi) is 5.69. The Bertz CT molecular complexity index is 637. The molecule has 2 rings (SSSR count). The second kappa shape index (κ2) is 7.35. The quantitative estimate of drug-likeness (QED) is 0.662. The number of β-amino-alcohol motifs (C(OH)–C–C–N with tert-alkyl or cyclic N) is 1. The van der Waals surface area contributed by atoms with Crippen LogP contribution in [-0.2, 0) is 21.4 Å². The second-order valence-corrected chi connectivity index (χ2v) is 7.68. The van der Waals surface area contributed by atoms with Crippen molar-refractivity contribution in [3.63, 3.8) is 0 Å². The molecule has 0 aliphatic carbocycles. The van der Waals surface area contributed by atoms with Crippen LogP contribution in [0.5, 0.6) is 0 Å². The monoisotopic (exact) mass is 342 g/mol. The Morgan fingerprint density at radius 3 is 2.87 bits per heavy atom. The second-order valence-electron chi connectivity index (χ2n) is 5.90. The van der Waals surface area contributed by atoms with Crippen LogP contribution >= 0.6 is 0 Å². The number of hydrogen-bond donors (Lipinski definition) is 2. The molecule has 0 aromatic carbocycles. The van der Waals surface area contributed by atoms with Crippen LogP contribution in [0.2, 0.25) is 0 Å². The van der Waals surface area contributed by atoms with Crippen LogP contribution in [0.3, 0.4) is 0 Å². The fourth-order valence-electron chi connectivity index (χ4n) is 2.57. The van der Waals surface area contributed by atoms with E-state index in [1.54, 1.807) is 12.4 Å². The van der Waals surface area contributed by atoms with Crippen molar-refractivity contribution in [2.24, 2.45) is 0 Å². The third-order valence-corrected chi connectivity index (χ3v) is 4.32. The molecule has 2 heterocycles. The SMILES string of the molecule is CN(CC(=O)N1C[C@@H](O)[C@H](NS(C)(=O)=O)C1)Cc1cccnc1. The van der Waals surface area contributed by atoms with Crippen LogP contribution in [0.15, 0.2) is 24.5 Å². The van der Waals surface area contributed by atoms with Gasteiger partial charge >= 0.3 is 0 Å². The van der Waals surface area contributed by atoms with Gasteiger partial charge in [0.25, 0.3) is 0 Å². The maximum atomic E-state index is 12.3. The van der Waals surface area contributed by atoms with Crippen molar-refractivity contribution in [3.8, 4) is 0 Å². The lowest BCUT2D eigenvalue weighted by molar-refractivity contribution is -0.131. The summed E-state index contributed by atoms with van der Waals surface area (Å²) in [4.78, 5) is 19.6. The molecule has 0 radical (unpaired) electrons. The molecule has 0 bridgehead atoms. The predicted molar refractivity (Wildman–Crippen MR) is 84.9 cm³/mol. The Hall–Kier alpha value is -1.55. The molecule has 23 heavy (non-hydrogen) atoms. The lowest BCUT2D eigenvalue weighted by Crippen LogP contribution is -2.43. The zero-order chi connectivity index (χ0) is 17.0. The summed E-state index contributed by atoms with van der Waals surface area (Å²) in [5.41, 5.74) is 1.00. The number of likely N-dealkylation sites (N-methyl/N-ethyl adjacent to an activating group) is 1. The molecule has 8 nitrogen and oxygen atoms in total. The number of carbonyl (C=O) groups is 1. The molecule has 9 heteroatoms. The van der Waals surface area contributed by atoms with E-state index in [0.717, 1.165) is 11.8 Å². The van der Waals surface area contributed by atoms with Gasteiger partial charge in [-0.05, 0) is 18.7 Å². The highest BCUT2D eigenvalue weighted by molar-refractivity contribution is 7.88. The van der Waals surface area contributed by atoms with Crippen LogP contribution in [0.4, 0.5) is 0 Å². The zero-order valence-corrected chi connectivity index (χ0v) is 14.0. The van der Waals surface area contributed by atoms with Crippen LogP contribution in [-0.4, -0.2) is 79.3 Å². The molecule has 1 amide bonds. The van der Waals surface area contributed by atoms with Crippen molar-refractivity contribution in [1.82, 2.24) is 19.5 Å². The third kappa shape index (κ3) is 5.54. The number of carbonyl (C=O) groups excluding carboxylic acids is 1. The first kappa shape index (κ1) is 17.8. The van der Waals surface area contributed by atoms with E-state index in [9.17, 15) is 18.3 Å². The average Bonchev–Trinajstić information content (AvgIpc) is 2.79. The topological polar surface area (TPSA) is 103 Å². The molecule has 2 N–H and O–H groups in total. The summed E-state index contributed by atoms with van der Waals surface area (Å²) in [6, 6.07) is 3.11. The summed E-state index contributed by atoms with van der Waals surface area (Å²) >= 11 is 0. The van der Waals surface area contributed by atoms with E-state index in [0.29, 0.717) is 6.54 Å². The first-order valence-electron chi connectivity index (χ1n) is 7.25. The van der Waals surface area contributed by atoms with Crippen molar-refractivity contribution < 1.29 is 18.3 Å². The number of likely N-dealkylation sites (tertiary alicyclic amines) is 1. The fraction of sp³-hybridized carbons (Fsp3) is 0.571. The van der Waals surface area contributed by atoms with Crippen LogP contribution < -0.4 is 4.72 Å². The maximum Gasteiger partial charge on any atom is 0.236 e. The smallest absolute Gasteiger partial charge is 0.236 e. The van der Waals surface area contributed by atoms with E-state index in [-0.39, 0.29) is 25.5 Å². The van der Waals surface area contributed by atoms with E-state index in [1.807, 2.05) is 24.1 Å². The third-order valence-electron chi connectivity index (χ3n) is 3.59. The van der Waals surface area contributed by atoms with Gasteiger partial charge in [0.2, 0.25) is 15.9 Å². The Labute approximate surface area is 136 Å². The van der Waals surface area contributed by atoms with Gasteiger partial charge in [0.15, 0.2) is 0 Å². The molecular weight excluding hydrogens is 320 g/mol. The number of rotatable bonds is 6. The van der Waals surface area contributed by atoms with Gasteiger partial charge in [-0.15, -0.1) is 0 Å². The average molecular weight is 342 g/mol. The number of sulfonamides is 1. The van der Waals surface area contributed by atoms with Gasteiger partial charge in [-0.3, -0.25) is 14.7 Å². The summed E-state index contributed by atoms with van der Waals surface area (Å²) in [6.07, 6.45) is 3.57. The number of pyridine rings is 1. The number of nitrogens with one attached hydrogen (secondary N) is 1. The predicted octanol–water partition coefficient (Wildman–Crippen LogP) is -1.37. The maximum absolute atomic E-state index is 12.3. The highest BCUT2D eigenvalue weighted by atomic mass is 32.2. The van der Waals surface area contributed by atoms with Crippen LogP contribution in [0, 0.1) is 0 Å². The molecule has 1 aliphatic heterocycles. The standard InChI is InChI=1S/C14H22N4O4S/c1-17(7-11-4-3-5-15-6-11)10-14(20)18-8-12(13(19)9-18)16-23(2,21)22/h3-6,12-13,16,19H,7-10H2,1-2H3/t12-,13-/m1/s1. The van der Waals surface area contributed by atoms with Crippen molar-refractivity contribution in [2.45, 2.75) is 18.7 Å². The molecule has 0 saturated carbocycles. The minimum atomic E-state index is -3.42. The highest BCUT2D eigenvalue weighted by Gasteiger charge is 2.35. The normalized spacial score (nSPS) is 21.8. The zero-order valence-electron chi connectivity index (χ0n) is 13.2. The number of aliphatic hydroxyl groups excluding tert-OH is 1. The highest BCUT2D eigenvalue weighted by Crippen LogP contribution is 2.12. The van der Waals surface area contributed by atoms with Gasteiger partial charge in [0.1, 0.15) is 0 Å². The van der Waals surface area contributed by atoms with Crippen molar-refractivity contribution in [3.05, 3.63) is 30.1 Å². The largest absolute Gasteiger partial charge is 0.390 e. The van der Waals surface area contributed by atoms with E-state index in [1.165, 1.54) is 4.90 Å². The molecule has 128 valence electrons. The lowest BCUT2D eigenvalue weighted by atomic mass is 10.2. The van der Waals surface area contributed by atoms with Crippen LogP contribution in [0.25, 0.3) is 0 Å². The molecule has 1 aliphatic rings. The van der Waals surface area contributed by atoms with Gasteiger partial charge < -0.3 is 10.0 Å². The summed E-state index contributed by atoms with van der Waals surface area (Å²) in [7, 11) is -1.60. The molecule has 1 fully saturated rings. The van der Waals surface area contributed by atoms with Gasteiger partial charge in [-0.1, -0.05) is 6.07 Å². The first-order chi connectivity index (χ1) is 10.7. The summed E-state index contributed by atoms with van der Waals surface area (Å²) < 4.78 is 24.9. The van der Waals surface area contributed by atoms with Crippen LogP contribution in [0.1, 0.15) is 5.56 Å². The van der Waals surface area contributed by atoms with Crippen molar-refractivity contribution in [2.75, 3.05) is 32.9 Å². The molecule has 0 unspecified atom stereocenters. The molecule has 0 spiro atoms. The van der Waals surface area contributed by atoms with Gasteiger partial charge in [-0.25, -0.2) is 13.1 Å². The van der Waals surface area contributed by atoms with Gasteiger partial charge in [0.05, 0.1) is 24.9 Å². The van der Waals surface area contributed by atoms with Gasteiger partial charge in [0, 0.05) is 32.0 Å². The van der Waals surface area contributed by atoms with E-state index in [4.69, 9.17) is 0 Å². The summed E-state index contributed by atoms with van der Waals surface area (Å²) in [5, 5.41) is 9.90. The van der Waals surface area contributed by atoms with Crippen molar-refractivity contribution in [1.29, 1.82) is 0 Å². The van der Waals surface area contributed by atoms with E-state index in [2.05, 4.69) is 9.71 Å². The number of hydrogen-bond acceptors (Lipinski definition) is 6. The Morgan fingerprint density at radius 2 is 2.26 bits per heavy atom. The Morgan fingerprint density at radius 1 is 1.52 bits per heavy atom. The summed E-state index contributed by atoms with van der Waals surface area (Å²) in [5.74, 6) is -0.145. The molecular formula is C14H22N4O4S. The minimum absolute atomic E-state index is 0.132. The number of aliphatic hydroxyl groups is 1. The molecule has 2 atom stereocenters. The lowest BCUT2D eigenvalue weighted by Gasteiger charge is -2.21. The fourth-order valence-corrected chi connectivity index (χ4v) is 3.35. The van der Waals surface area contributed by atoms with E-state index >= 15 is 0 Å². The van der Waals surface area contributed by atoms with Crippen molar-refractivity contribution >= 4 is 15.9 Å². The number of nitrogens with zero attached hydrogens (tertiary/aromatic N) is 3. The first-order valence-corrected chi connectivity index (χ1v) is 9.14. The van der Waals surface area contributed by atoms with Gasteiger partial charge in [-0.2, -0.15) is 0 Å². The number of aromatic nitrogens is 1. The number of amides is 1. The molecule has 1 aromatic heterocycles. The van der Waals surface area contributed by atoms with E-state index < -0.39 is 22.2 Å². The Balaban J connectivity index is 1.86. The summed E-state index contributed by atoms with van der Waals surface area (Å²) in [6.45, 7) is 1.08. The molecule has 1 aromatic rings. The molecule has 1 saturated heterocycles.